The maximum absolute atomic E-state index is 13.4. The third kappa shape index (κ3) is 15.1. The number of fused-ring (bicyclic) bond motifs is 1. The van der Waals surface area contributed by atoms with E-state index in [2.05, 4.69) is 31.0 Å². The van der Waals surface area contributed by atoms with Gasteiger partial charge in [0, 0.05) is 61.2 Å². The van der Waals surface area contributed by atoms with E-state index in [1.807, 2.05) is 23.1 Å². The molecule has 25 heteroatoms. The van der Waals surface area contributed by atoms with E-state index in [1.165, 1.54) is 18.5 Å². The lowest BCUT2D eigenvalue weighted by Gasteiger charge is -2.34. The lowest BCUT2D eigenvalue weighted by molar-refractivity contribution is -0.193. The average Bonchev–Trinajstić information content (AvgIpc) is 3.75. The minimum Gasteiger partial charge on any atom is -0.490 e. The number of aromatic nitrogens is 5. The van der Waals surface area contributed by atoms with Gasteiger partial charge in [0.1, 0.15) is 35.5 Å². The normalized spacial score (nSPS) is 14.1. The average molecular weight is 806 g/mol. The molecule has 0 spiro atoms. The molecule has 1 aliphatic heterocycles. The van der Waals surface area contributed by atoms with Gasteiger partial charge in [0.05, 0.1) is 30.4 Å². The summed E-state index contributed by atoms with van der Waals surface area (Å²) in [7, 11) is 0. The van der Waals surface area contributed by atoms with Crippen LogP contribution in [0.3, 0.4) is 0 Å². The molecule has 1 aromatic carbocycles. The van der Waals surface area contributed by atoms with Gasteiger partial charge in [-0.05, 0) is 18.9 Å². The fourth-order valence-corrected chi connectivity index (χ4v) is 4.41. The van der Waals surface area contributed by atoms with Crippen LogP contribution in [0.2, 0.25) is 0 Å². The van der Waals surface area contributed by atoms with Gasteiger partial charge in [0.25, 0.3) is 0 Å². The minimum absolute atomic E-state index is 0.107. The zero-order valence-corrected chi connectivity index (χ0v) is 27.3. The van der Waals surface area contributed by atoms with Gasteiger partial charge in [-0.25, -0.2) is 33.1 Å². The Bertz CT molecular complexity index is 1860. The molecule has 5 rings (SSSR count). The number of aromatic amines is 1. The van der Waals surface area contributed by atoms with Crippen molar-refractivity contribution in [2.24, 2.45) is 0 Å². The van der Waals surface area contributed by atoms with Crippen LogP contribution in [0.5, 0.6) is 5.75 Å². The number of carboxylic acids is 3. The van der Waals surface area contributed by atoms with E-state index in [9.17, 15) is 53.6 Å². The predicted molar refractivity (Wildman–Crippen MR) is 162 cm³/mol. The number of benzene rings is 1. The number of likely N-dealkylation sites (tertiary alicyclic amines) is 1. The van der Waals surface area contributed by atoms with Crippen molar-refractivity contribution >= 4 is 28.9 Å². The highest BCUT2D eigenvalue weighted by molar-refractivity contribution is 5.90. The number of H-pyrrole nitrogens is 1. The van der Waals surface area contributed by atoms with Crippen molar-refractivity contribution in [2.75, 3.05) is 19.6 Å². The van der Waals surface area contributed by atoms with Crippen molar-refractivity contribution in [1.29, 1.82) is 5.26 Å². The lowest BCUT2D eigenvalue weighted by atomic mass is 10.1. The molecule has 4 aromatic rings. The van der Waals surface area contributed by atoms with Crippen LogP contribution < -0.4 is 4.74 Å². The van der Waals surface area contributed by atoms with Crippen molar-refractivity contribution < 1.29 is 82.7 Å². The zero-order chi connectivity index (χ0) is 41.7. The molecule has 0 aliphatic carbocycles. The predicted octanol–water partition coefficient (Wildman–Crippen LogP) is 6.00. The first kappa shape index (κ1) is 45.1. The molecule has 4 N–H and O–H groups in total. The first-order valence-corrected chi connectivity index (χ1v) is 14.9. The molecule has 14 nitrogen and oxygen atoms in total. The number of nitriles is 1. The van der Waals surface area contributed by atoms with Crippen molar-refractivity contribution in [2.45, 2.75) is 49.9 Å². The number of halogens is 11. The Morgan fingerprint density at radius 1 is 0.891 bits per heavy atom. The Morgan fingerprint density at radius 2 is 1.40 bits per heavy atom. The third-order valence-electron chi connectivity index (χ3n) is 6.80. The molecule has 1 atom stereocenters. The number of hydrogen-bond donors (Lipinski definition) is 4. The highest BCUT2D eigenvalue weighted by Gasteiger charge is 2.39. The van der Waals surface area contributed by atoms with Crippen molar-refractivity contribution in [3.05, 3.63) is 60.8 Å². The topological polar surface area (TPSA) is 208 Å². The van der Waals surface area contributed by atoms with Crippen LogP contribution in [-0.4, -0.2) is 107 Å². The standard InChI is InChI=1S/C24H23F2N7O.3C2HF3O2/c25-17-9-18(26)11-21(10-17)34-20-3-7-32(8-4-20)14-19(1-5-27)33-13-16(12-31-33)23-22-2-6-28-24(22)30-15-29-23;3*3-2(4,5)1(6)7/h2,6,9-13,15,19-20H,1,3-4,7-8,14H2,(H,28,29,30);3*(H,6,7). The van der Waals surface area contributed by atoms with E-state index in [0.717, 1.165) is 54.3 Å². The summed E-state index contributed by atoms with van der Waals surface area (Å²) in [6, 6.07) is 7.32. The number of hydrogen-bond acceptors (Lipinski definition) is 9. The van der Waals surface area contributed by atoms with Crippen LogP contribution >= 0.6 is 0 Å². The highest BCUT2D eigenvalue weighted by Crippen LogP contribution is 2.27. The van der Waals surface area contributed by atoms with Crippen LogP contribution in [0.1, 0.15) is 25.3 Å². The maximum atomic E-state index is 13.4. The summed E-state index contributed by atoms with van der Waals surface area (Å²) in [4.78, 5) is 40.7. The minimum atomic E-state index is -5.08. The summed E-state index contributed by atoms with van der Waals surface area (Å²) in [5, 5.41) is 36.2. The van der Waals surface area contributed by atoms with Crippen LogP contribution in [0.25, 0.3) is 22.3 Å². The van der Waals surface area contributed by atoms with Gasteiger partial charge in [-0.1, -0.05) is 0 Å². The van der Waals surface area contributed by atoms with E-state index in [-0.39, 0.29) is 17.9 Å². The maximum Gasteiger partial charge on any atom is 0.490 e. The van der Waals surface area contributed by atoms with Crippen molar-refractivity contribution in [3.8, 4) is 23.1 Å². The van der Waals surface area contributed by atoms with Gasteiger partial charge >= 0.3 is 36.4 Å². The molecule has 0 bridgehead atoms. The molecule has 1 saturated heterocycles. The molecule has 1 fully saturated rings. The first-order chi connectivity index (χ1) is 25.4. The highest BCUT2D eigenvalue weighted by atomic mass is 19.4. The molecular formula is C30H26F11N7O7. The molecule has 4 heterocycles. The first-order valence-electron chi connectivity index (χ1n) is 14.9. The Kier molecular flexibility index (Phi) is 15.8. The Labute approximate surface area is 300 Å². The largest absolute Gasteiger partial charge is 0.490 e. The smallest absolute Gasteiger partial charge is 0.490 e. The molecule has 1 aliphatic rings. The summed E-state index contributed by atoms with van der Waals surface area (Å²) in [6.07, 6.45) is -6.55. The Balaban J connectivity index is 0.000000408. The molecule has 0 saturated carbocycles. The second-order valence-electron chi connectivity index (χ2n) is 10.8. The third-order valence-corrected chi connectivity index (χ3v) is 6.80. The molecular weight excluding hydrogens is 779 g/mol. The van der Waals surface area contributed by atoms with Crippen LogP contribution in [0.4, 0.5) is 48.3 Å². The number of piperidine rings is 1. The van der Waals surface area contributed by atoms with E-state index >= 15 is 0 Å². The van der Waals surface area contributed by atoms with Gasteiger partial charge in [-0.3, -0.25) is 4.68 Å². The van der Waals surface area contributed by atoms with Crippen molar-refractivity contribution in [3.63, 3.8) is 0 Å². The zero-order valence-electron chi connectivity index (χ0n) is 27.3. The number of rotatable bonds is 7. The SMILES string of the molecule is N#CCC(CN1CCC(Oc2cc(F)cc(F)c2)CC1)n1cc(-c2ncnc3[nH]ccc23)cn1.O=C(O)C(F)(F)F.O=C(O)C(F)(F)F.O=C(O)C(F)(F)F. The number of ether oxygens (including phenoxy) is 1. The van der Waals surface area contributed by atoms with Gasteiger partial charge in [-0.15, -0.1) is 0 Å². The van der Waals surface area contributed by atoms with Crippen LogP contribution in [0, 0.1) is 23.0 Å². The molecule has 0 radical (unpaired) electrons. The number of carboxylic acid groups (broad SMARTS) is 3. The molecule has 1 unspecified atom stereocenters. The summed E-state index contributed by atoms with van der Waals surface area (Å²) in [6.45, 7) is 2.18. The lowest BCUT2D eigenvalue weighted by Crippen LogP contribution is -2.41. The molecule has 300 valence electrons. The van der Waals surface area contributed by atoms with Crippen LogP contribution in [-0.2, 0) is 14.4 Å². The summed E-state index contributed by atoms with van der Waals surface area (Å²) >= 11 is 0. The summed E-state index contributed by atoms with van der Waals surface area (Å²) in [5.74, 6) is -9.36. The summed E-state index contributed by atoms with van der Waals surface area (Å²) in [5.41, 5.74) is 2.42. The molecule has 0 amide bonds. The van der Waals surface area contributed by atoms with E-state index in [0.29, 0.717) is 13.0 Å². The van der Waals surface area contributed by atoms with Crippen LogP contribution in [0.15, 0.2) is 49.2 Å². The fourth-order valence-electron chi connectivity index (χ4n) is 4.41. The van der Waals surface area contributed by atoms with E-state index in [1.54, 1.807) is 6.20 Å². The Hall–Kier alpha value is -6.06. The molecule has 55 heavy (non-hydrogen) atoms. The van der Waals surface area contributed by atoms with Gasteiger partial charge < -0.3 is 29.9 Å². The quantitative estimate of drug-likeness (QED) is 0.159. The monoisotopic (exact) mass is 805 g/mol. The summed E-state index contributed by atoms with van der Waals surface area (Å²) < 4.78 is 130. The van der Waals surface area contributed by atoms with Crippen molar-refractivity contribution in [1.82, 2.24) is 29.6 Å². The number of nitrogens with zero attached hydrogens (tertiary/aromatic N) is 6. The van der Waals surface area contributed by atoms with E-state index in [4.69, 9.17) is 34.4 Å². The van der Waals surface area contributed by atoms with Gasteiger partial charge in [-0.2, -0.15) is 49.9 Å². The van der Waals surface area contributed by atoms with E-state index < -0.39 is 48.1 Å². The fraction of sp³-hybridized carbons (Fsp3) is 0.367. The number of carbonyl (C=O) groups is 3. The second-order valence-corrected chi connectivity index (χ2v) is 10.8. The second kappa shape index (κ2) is 19.3. The number of alkyl halides is 9. The number of aliphatic carboxylic acids is 3. The molecule has 3 aromatic heterocycles. The Morgan fingerprint density at radius 3 is 1.87 bits per heavy atom. The van der Waals surface area contributed by atoms with Gasteiger partial charge in [0.2, 0.25) is 0 Å². The van der Waals surface area contributed by atoms with Gasteiger partial charge in [0.15, 0.2) is 0 Å². The number of nitrogens with one attached hydrogen (secondary N) is 1.